The average molecular weight is 329 g/mol. The summed E-state index contributed by atoms with van der Waals surface area (Å²) >= 11 is 5.30. The van der Waals surface area contributed by atoms with Crippen molar-refractivity contribution in [2.45, 2.75) is 40.2 Å². The topological polar surface area (TPSA) is 56.9 Å². The molecule has 0 radical (unpaired) electrons. The third-order valence-corrected chi connectivity index (χ3v) is 4.00. The molecule has 0 unspecified atom stereocenters. The van der Waals surface area contributed by atoms with Crippen molar-refractivity contribution in [3.63, 3.8) is 0 Å². The highest BCUT2D eigenvalue weighted by Crippen LogP contribution is 2.17. The lowest BCUT2D eigenvalue weighted by Gasteiger charge is -2.13. The molecule has 23 heavy (non-hydrogen) atoms. The zero-order valence-electron chi connectivity index (χ0n) is 14.0. The van der Waals surface area contributed by atoms with Crippen molar-refractivity contribution in [1.82, 2.24) is 10.3 Å². The fourth-order valence-corrected chi connectivity index (χ4v) is 2.59. The molecule has 2 rings (SSSR count). The molecule has 1 aromatic heterocycles. The fraction of sp³-hybridized carbons (Fsp3) is 0.333. The van der Waals surface area contributed by atoms with Crippen LogP contribution < -0.4 is 16.2 Å². The predicted molar refractivity (Wildman–Crippen MR) is 100 cm³/mol. The molecule has 3 N–H and O–H groups in total. The third-order valence-electron chi connectivity index (χ3n) is 3.75. The molecular formula is C18H23N3OS. The van der Waals surface area contributed by atoms with Crippen molar-refractivity contribution >= 4 is 23.0 Å². The normalized spacial score (nSPS) is 10.7. The summed E-state index contributed by atoms with van der Waals surface area (Å²) in [6, 6.07) is 10.1. The molecule has 0 fully saturated rings. The lowest BCUT2D eigenvalue weighted by molar-refractivity contribution is 0.867. The minimum atomic E-state index is -0.0703. The molecular weight excluding hydrogens is 306 g/mol. The molecule has 122 valence electrons. The number of benzene rings is 1. The van der Waals surface area contributed by atoms with Gasteiger partial charge in [-0.15, -0.1) is 0 Å². The smallest absolute Gasteiger partial charge is 0.253 e. The first kappa shape index (κ1) is 17.2. The molecule has 0 aliphatic carbocycles. The minimum Gasteiger partial charge on any atom is -0.358 e. The van der Waals surface area contributed by atoms with E-state index in [0.29, 0.717) is 23.1 Å². The first-order valence-corrected chi connectivity index (χ1v) is 8.12. The van der Waals surface area contributed by atoms with Gasteiger partial charge in [-0.1, -0.05) is 26.0 Å². The molecule has 0 amide bonds. The van der Waals surface area contributed by atoms with Gasteiger partial charge in [-0.2, -0.15) is 0 Å². The number of aromatic nitrogens is 1. The molecule has 0 saturated heterocycles. The number of anilines is 1. The zero-order chi connectivity index (χ0) is 17.0. The first-order valence-electron chi connectivity index (χ1n) is 7.71. The summed E-state index contributed by atoms with van der Waals surface area (Å²) < 4.78 is 0. The van der Waals surface area contributed by atoms with Gasteiger partial charge in [-0.3, -0.25) is 4.79 Å². The molecule has 5 heteroatoms. The number of nitrogens with one attached hydrogen (secondary N) is 3. The Bertz CT molecular complexity index is 748. The Kier molecular flexibility index (Phi) is 5.55. The summed E-state index contributed by atoms with van der Waals surface area (Å²) in [6.07, 6.45) is 0. The van der Waals surface area contributed by atoms with Gasteiger partial charge < -0.3 is 15.6 Å². The van der Waals surface area contributed by atoms with Crippen molar-refractivity contribution in [2.75, 3.05) is 5.32 Å². The van der Waals surface area contributed by atoms with Crippen LogP contribution in [0.25, 0.3) is 0 Å². The number of thiocarbonyl (C=S) groups is 1. The first-order chi connectivity index (χ1) is 10.9. The maximum absolute atomic E-state index is 12.0. The average Bonchev–Trinajstić information content (AvgIpc) is 2.46. The lowest BCUT2D eigenvalue weighted by Crippen LogP contribution is -2.31. The van der Waals surface area contributed by atoms with Crippen LogP contribution >= 0.6 is 12.2 Å². The van der Waals surface area contributed by atoms with Crippen LogP contribution in [0.15, 0.2) is 35.1 Å². The Morgan fingerprint density at radius 2 is 1.87 bits per heavy atom. The number of aryl methyl sites for hydroxylation is 2. The van der Waals surface area contributed by atoms with Crippen LogP contribution in [0.3, 0.4) is 0 Å². The second kappa shape index (κ2) is 7.42. The number of pyridine rings is 1. The Morgan fingerprint density at radius 1 is 1.22 bits per heavy atom. The molecule has 1 heterocycles. The van der Waals surface area contributed by atoms with Crippen LogP contribution in [0.2, 0.25) is 0 Å². The number of aromatic amines is 1. The number of hydrogen-bond donors (Lipinski definition) is 3. The van der Waals surface area contributed by atoms with E-state index in [1.54, 1.807) is 0 Å². The Labute approximate surface area is 142 Å². The molecule has 0 bridgehead atoms. The van der Waals surface area contributed by atoms with E-state index in [9.17, 15) is 4.79 Å². The van der Waals surface area contributed by atoms with E-state index in [4.69, 9.17) is 12.2 Å². The predicted octanol–water partition coefficient (Wildman–Crippen LogP) is 3.60. The van der Waals surface area contributed by atoms with Gasteiger partial charge in [0.05, 0.1) is 0 Å². The van der Waals surface area contributed by atoms with Crippen molar-refractivity contribution < 1.29 is 0 Å². The monoisotopic (exact) mass is 329 g/mol. The third kappa shape index (κ3) is 4.66. The van der Waals surface area contributed by atoms with Crippen LogP contribution in [-0.4, -0.2) is 10.1 Å². The van der Waals surface area contributed by atoms with Crippen LogP contribution in [0.1, 0.15) is 42.1 Å². The van der Waals surface area contributed by atoms with Gasteiger partial charge in [0.2, 0.25) is 0 Å². The SMILES string of the molecule is Cc1cc(C)c(CNC(=S)Nc2ccc(C(C)C)cc2)c(=O)[nH]1. The second-order valence-electron chi connectivity index (χ2n) is 6.03. The summed E-state index contributed by atoms with van der Waals surface area (Å²) in [5.74, 6) is 0.505. The van der Waals surface area contributed by atoms with Gasteiger partial charge in [-0.05, 0) is 61.3 Å². The zero-order valence-corrected chi connectivity index (χ0v) is 14.8. The maximum atomic E-state index is 12.0. The number of hydrogen-bond acceptors (Lipinski definition) is 2. The van der Waals surface area contributed by atoms with Gasteiger partial charge in [0.15, 0.2) is 5.11 Å². The highest BCUT2D eigenvalue weighted by Gasteiger charge is 2.06. The highest BCUT2D eigenvalue weighted by atomic mass is 32.1. The molecule has 4 nitrogen and oxygen atoms in total. The molecule has 0 atom stereocenters. The Hall–Kier alpha value is -2.14. The van der Waals surface area contributed by atoms with Crippen molar-refractivity contribution in [3.8, 4) is 0 Å². The van der Waals surface area contributed by atoms with E-state index < -0.39 is 0 Å². The van der Waals surface area contributed by atoms with Gasteiger partial charge >= 0.3 is 0 Å². The summed E-state index contributed by atoms with van der Waals surface area (Å²) in [6.45, 7) is 8.53. The molecule has 0 aliphatic rings. The van der Waals surface area contributed by atoms with Crippen molar-refractivity contribution in [3.05, 3.63) is 63.1 Å². The maximum Gasteiger partial charge on any atom is 0.253 e. The Morgan fingerprint density at radius 3 is 2.43 bits per heavy atom. The van der Waals surface area contributed by atoms with Gasteiger partial charge in [0, 0.05) is 23.5 Å². The standard InChI is InChI=1S/C18H23N3OS/c1-11(2)14-5-7-15(8-6-14)21-18(23)19-10-16-12(3)9-13(4)20-17(16)22/h5-9,11H,10H2,1-4H3,(H,20,22)(H2,19,21,23). The molecule has 0 spiro atoms. The summed E-state index contributed by atoms with van der Waals surface area (Å²) in [7, 11) is 0. The van der Waals surface area contributed by atoms with Crippen molar-refractivity contribution in [2.24, 2.45) is 0 Å². The van der Waals surface area contributed by atoms with Crippen molar-refractivity contribution in [1.29, 1.82) is 0 Å². The summed E-state index contributed by atoms with van der Waals surface area (Å²) in [5.41, 5.74) is 4.68. The van der Waals surface area contributed by atoms with E-state index in [-0.39, 0.29) is 5.56 Å². The molecule has 1 aromatic carbocycles. The van der Waals surface area contributed by atoms with Crippen LogP contribution in [0.4, 0.5) is 5.69 Å². The molecule has 2 aromatic rings. The summed E-state index contributed by atoms with van der Waals surface area (Å²) in [4.78, 5) is 14.8. The second-order valence-corrected chi connectivity index (χ2v) is 6.44. The van der Waals surface area contributed by atoms with E-state index in [2.05, 4.69) is 41.6 Å². The Balaban J connectivity index is 1.97. The quantitative estimate of drug-likeness (QED) is 0.750. The summed E-state index contributed by atoms with van der Waals surface area (Å²) in [5, 5.41) is 6.72. The fourth-order valence-electron chi connectivity index (χ4n) is 2.40. The molecule has 0 saturated carbocycles. The van der Waals surface area contributed by atoms with E-state index in [1.165, 1.54) is 5.56 Å². The van der Waals surface area contributed by atoms with E-state index >= 15 is 0 Å². The lowest BCUT2D eigenvalue weighted by atomic mass is 10.0. The number of H-pyrrole nitrogens is 1. The minimum absolute atomic E-state index is 0.0703. The van der Waals surface area contributed by atoms with Gasteiger partial charge in [0.25, 0.3) is 5.56 Å². The largest absolute Gasteiger partial charge is 0.358 e. The van der Waals surface area contributed by atoms with Crippen LogP contribution in [-0.2, 0) is 6.54 Å². The highest BCUT2D eigenvalue weighted by molar-refractivity contribution is 7.80. The van der Waals surface area contributed by atoms with E-state index in [0.717, 1.165) is 16.9 Å². The molecule has 0 aliphatic heterocycles. The van der Waals surface area contributed by atoms with Crippen LogP contribution in [0.5, 0.6) is 0 Å². The van der Waals surface area contributed by atoms with Gasteiger partial charge in [-0.25, -0.2) is 0 Å². The number of rotatable bonds is 4. The van der Waals surface area contributed by atoms with Gasteiger partial charge in [0.1, 0.15) is 0 Å². The van der Waals surface area contributed by atoms with Crippen LogP contribution in [0, 0.1) is 13.8 Å². The van der Waals surface area contributed by atoms with E-state index in [1.807, 2.05) is 32.0 Å².